The van der Waals surface area contributed by atoms with Crippen LogP contribution in [-0.4, -0.2) is 21.2 Å². The molecule has 1 heterocycles. The molecule has 19 heavy (non-hydrogen) atoms. The van der Waals surface area contributed by atoms with Gasteiger partial charge >= 0.3 is 5.69 Å². The zero-order chi connectivity index (χ0) is 14.6. The molecule has 6 nitrogen and oxygen atoms in total. The Kier molecular flexibility index (Phi) is 4.91. The molecule has 0 bridgehead atoms. The Balaban J connectivity index is 2.90. The highest BCUT2D eigenvalue weighted by Gasteiger charge is 2.26. The molecule has 0 unspecified atom stereocenters. The van der Waals surface area contributed by atoms with Gasteiger partial charge in [0.05, 0.1) is 4.92 Å². The molecule has 0 spiro atoms. The summed E-state index contributed by atoms with van der Waals surface area (Å²) in [7, 11) is 1.74. The molecule has 0 fully saturated rings. The molecular formula is C13H24N4O2. The lowest BCUT2D eigenvalue weighted by atomic mass is 9.92. The van der Waals surface area contributed by atoms with Crippen LogP contribution in [0.4, 0.5) is 11.5 Å². The average molecular weight is 268 g/mol. The third-order valence-corrected chi connectivity index (χ3v) is 2.93. The molecule has 1 aromatic rings. The van der Waals surface area contributed by atoms with Crippen molar-refractivity contribution in [2.45, 2.75) is 47.0 Å². The minimum absolute atomic E-state index is 0.123. The maximum absolute atomic E-state index is 11.2. The van der Waals surface area contributed by atoms with Crippen LogP contribution in [0.25, 0.3) is 0 Å². The largest absolute Gasteiger partial charge is 0.365 e. The molecule has 0 atom stereocenters. The van der Waals surface area contributed by atoms with Crippen molar-refractivity contribution in [3.05, 3.63) is 15.8 Å². The predicted octanol–water partition coefficient (Wildman–Crippen LogP) is 3.13. The van der Waals surface area contributed by atoms with Crippen molar-refractivity contribution in [1.29, 1.82) is 0 Å². The average Bonchev–Trinajstić information content (AvgIpc) is 2.54. The highest BCUT2D eigenvalue weighted by Crippen LogP contribution is 2.29. The van der Waals surface area contributed by atoms with Gasteiger partial charge in [-0.2, -0.15) is 5.10 Å². The van der Waals surface area contributed by atoms with E-state index in [0.717, 1.165) is 12.8 Å². The van der Waals surface area contributed by atoms with Gasteiger partial charge in [-0.25, -0.2) is 4.68 Å². The van der Waals surface area contributed by atoms with Gasteiger partial charge in [0.15, 0.2) is 0 Å². The van der Waals surface area contributed by atoms with Gasteiger partial charge in [0.25, 0.3) is 0 Å². The summed E-state index contributed by atoms with van der Waals surface area (Å²) < 4.78 is 1.58. The topological polar surface area (TPSA) is 73.0 Å². The fourth-order valence-electron chi connectivity index (χ4n) is 1.92. The molecule has 0 aliphatic heterocycles. The quantitative estimate of drug-likeness (QED) is 0.635. The minimum atomic E-state index is -0.336. The van der Waals surface area contributed by atoms with Gasteiger partial charge in [-0.1, -0.05) is 34.1 Å². The smallest absolute Gasteiger partial charge is 0.333 e. The molecule has 1 rings (SSSR count). The summed E-state index contributed by atoms with van der Waals surface area (Å²) in [6.07, 6.45) is 2.42. The second kappa shape index (κ2) is 6.04. The van der Waals surface area contributed by atoms with Crippen molar-refractivity contribution in [2.75, 3.05) is 11.9 Å². The summed E-state index contributed by atoms with van der Waals surface area (Å²) in [6, 6.07) is 0. The zero-order valence-corrected chi connectivity index (χ0v) is 12.5. The summed E-state index contributed by atoms with van der Waals surface area (Å²) >= 11 is 0. The molecule has 0 aliphatic carbocycles. The number of rotatable bonds is 6. The van der Waals surface area contributed by atoms with E-state index in [-0.39, 0.29) is 16.0 Å². The summed E-state index contributed by atoms with van der Waals surface area (Å²) in [6.45, 7) is 9.14. The summed E-state index contributed by atoms with van der Waals surface area (Å²) in [5.41, 5.74) is 0.888. The number of aryl methyl sites for hydroxylation is 2. The van der Waals surface area contributed by atoms with Crippen molar-refractivity contribution in [1.82, 2.24) is 9.78 Å². The fourth-order valence-corrected chi connectivity index (χ4v) is 1.92. The predicted molar refractivity (Wildman–Crippen MR) is 76.4 cm³/mol. The SMILES string of the molecule is CCCc1nn(C)c(NCCC(C)(C)C)c1[N+](=O)[O-]. The van der Waals surface area contributed by atoms with Gasteiger partial charge in [-0.15, -0.1) is 0 Å². The second-order valence-electron chi connectivity index (χ2n) is 6.01. The summed E-state index contributed by atoms with van der Waals surface area (Å²) in [5.74, 6) is 0.512. The van der Waals surface area contributed by atoms with Crippen molar-refractivity contribution < 1.29 is 4.92 Å². The highest BCUT2D eigenvalue weighted by atomic mass is 16.6. The number of nitrogens with one attached hydrogen (secondary N) is 1. The van der Waals surface area contributed by atoms with Crippen LogP contribution in [-0.2, 0) is 13.5 Å². The Bertz CT molecular complexity index is 446. The fraction of sp³-hybridized carbons (Fsp3) is 0.769. The molecule has 0 saturated heterocycles. The van der Waals surface area contributed by atoms with Crippen LogP contribution in [0.5, 0.6) is 0 Å². The molecule has 1 aromatic heterocycles. The minimum Gasteiger partial charge on any atom is -0.365 e. The van der Waals surface area contributed by atoms with Gasteiger partial charge in [0.1, 0.15) is 5.69 Å². The third-order valence-electron chi connectivity index (χ3n) is 2.93. The molecule has 0 saturated carbocycles. The van der Waals surface area contributed by atoms with E-state index in [1.807, 2.05) is 6.92 Å². The number of hydrogen-bond donors (Lipinski definition) is 1. The van der Waals surface area contributed by atoms with Crippen LogP contribution in [0, 0.1) is 15.5 Å². The second-order valence-corrected chi connectivity index (χ2v) is 6.01. The van der Waals surface area contributed by atoms with Crippen LogP contribution in [0.3, 0.4) is 0 Å². The van der Waals surface area contributed by atoms with E-state index in [0.29, 0.717) is 24.5 Å². The van der Waals surface area contributed by atoms with Crippen LogP contribution < -0.4 is 5.32 Å². The number of anilines is 1. The van der Waals surface area contributed by atoms with Crippen LogP contribution >= 0.6 is 0 Å². The first-order valence-corrected chi connectivity index (χ1v) is 6.70. The third kappa shape index (κ3) is 4.22. The van der Waals surface area contributed by atoms with E-state index in [2.05, 4.69) is 31.2 Å². The van der Waals surface area contributed by atoms with Crippen LogP contribution in [0.2, 0.25) is 0 Å². The standard InChI is InChI=1S/C13H24N4O2/c1-6-7-10-11(17(18)19)12(16(5)15-10)14-9-8-13(2,3)4/h14H,6-9H2,1-5H3. The molecule has 1 N–H and O–H groups in total. The maximum atomic E-state index is 11.2. The number of aromatic nitrogens is 2. The zero-order valence-electron chi connectivity index (χ0n) is 12.5. The maximum Gasteiger partial charge on any atom is 0.333 e. The summed E-state index contributed by atoms with van der Waals surface area (Å²) in [5, 5.41) is 18.6. The Morgan fingerprint density at radius 2 is 2.05 bits per heavy atom. The number of nitrogens with zero attached hydrogens (tertiary/aromatic N) is 3. The normalized spacial score (nSPS) is 11.6. The van der Waals surface area contributed by atoms with Gasteiger partial charge in [0.2, 0.25) is 5.82 Å². The van der Waals surface area contributed by atoms with Gasteiger partial charge in [-0.05, 0) is 18.3 Å². The van der Waals surface area contributed by atoms with E-state index in [4.69, 9.17) is 0 Å². The van der Waals surface area contributed by atoms with Crippen molar-refractivity contribution in [3.8, 4) is 0 Å². The number of hydrogen-bond acceptors (Lipinski definition) is 4. The molecule has 6 heteroatoms. The number of nitro groups is 1. The van der Waals surface area contributed by atoms with Gasteiger partial charge < -0.3 is 5.32 Å². The molecule has 0 aromatic carbocycles. The first-order valence-electron chi connectivity index (χ1n) is 6.70. The lowest BCUT2D eigenvalue weighted by molar-refractivity contribution is -0.384. The monoisotopic (exact) mass is 268 g/mol. The lowest BCUT2D eigenvalue weighted by Crippen LogP contribution is -2.15. The van der Waals surface area contributed by atoms with E-state index in [1.54, 1.807) is 11.7 Å². The van der Waals surface area contributed by atoms with Crippen molar-refractivity contribution >= 4 is 11.5 Å². The molecule has 0 radical (unpaired) electrons. The van der Waals surface area contributed by atoms with E-state index in [1.165, 1.54) is 0 Å². The first-order chi connectivity index (χ1) is 8.76. The van der Waals surface area contributed by atoms with Crippen molar-refractivity contribution in [3.63, 3.8) is 0 Å². The molecule has 0 aliphatic rings. The molecule has 108 valence electrons. The Morgan fingerprint density at radius 1 is 1.42 bits per heavy atom. The summed E-state index contributed by atoms with van der Waals surface area (Å²) in [4.78, 5) is 10.9. The lowest BCUT2D eigenvalue weighted by Gasteiger charge is -2.18. The highest BCUT2D eigenvalue weighted by molar-refractivity contribution is 5.59. The Hall–Kier alpha value is -1.59. The van der Waals surface area contributed by atoms with Gasteiger partial charge in [0, 0.05) is 13.6 Å². The van der Waals surface area contributed by atoms with Gasteiger partial charge in [-0.3, -0.25) is 10.1 Å². The van der Waals surface area contributed by atoms with Crippen molar-refractivity contribution in [2.24, 2.45) is 12.5 Å². The molecular weight excluding hydrogens is 244 g/mol. The first kappa shape index (κ1) is 15.5. The Labute approximate surface area is 114 Å². The van der Waals surface area contributed by atoms with Crippen LogP contribution in [0.1, 0.15) is 46.2 Å². The molecule has 0 amide bonds. The van der Waals surface area contributed by atoms with E-state index >= 15 is 0 Å². The van der Waals surface area contributed by atoms with E-state index < -0.39 is 0 Å². The Morgan fingerprint density at radius 3 is 2.53 bits per heavy atom. The van der Waals surface area contributed by atoms with Crippen LogP contribution in [0.15, 0.2) is 0 Å². The van der Waals surface area contributed by atoms with E-state index in [9.17, 15) is 10.1 Å².